The van der Waals surface area contributed by atoms with Gasteiger partial charge in [0.1, 0.15) is 6.04 Å². The minimum atomic E-state index is -1.13. The summed E-state index contributed by atoms with van der Waals surface area (Å²) in [5, 5.41) is 15.6. The Hall–Kier alpha value is -1.79. The molecule has 0 aromatic heterocycles. The van der Waals surface area contributed by atoms with Crippen LogP contribution in [0.15, 0.2) is 0 Å². The topological polar surface area (TPSA) is 108 Å². The number of carbonyl (C=O) groups excluding carboxylic acids is 2. The molecule has 0 aromatic rings. The largest absolute Gasteiger partial charge is 0.480 e. The molecule has 7 nitrogen and oxygen atoms in total. The Kier molecular flexibility index (Phi) is 6.69. The van der Waals surface area contributed by atoms with Gasteiger partial charge in [-0.1, -0.05) is 6.92 Å². The molecule has 0 aliphatic heterocycles. The average Bonchev–Trinajstić information content (AvgIpc) is 2.25. The van der Waals surface area contributed by atoms with Gasteiger partial charge < -0.3 is 21.1 Å². The van der Waals surface area contributed by atoms with E-state index in [1.165, 1.54) is 6.92 Å². The van der Waals surface area contributed by atoms with Crippen LogP contribution in [0.25, 0.3) is 0 Å². The van der Waals surface area contributed by atoms with Crippen molar-refractivity contribution in [1.29, 1.82) is 0 Å². The maximum Gasteiger partial charge on any atom is 0.325 e. The fraction of sp³-hybridized carbons (Fsp3) is 0.700. The molecular formula is C10H19N3O4. The van der Waals surface area contributed by atoms with Crippen molar-refractivity contribution in [3.8, 4) is 0 Å². The first-order valence-electron chi connectivity index (χ1n) is 5.43. The zero-order valence-electron chi connectivity index (χ0n) is 10.2. The van der Waals surface area contributed by atoms with Crippen molar-refractivity contribution in [3.63, 3.8) is 0 Å². The Morgan fingerprint density at radius 3 is 2.24 bits per heavy atom. The Bertz CT molecular complexity index is 293. The van der Waals surface area contributed by atoms with Crippen molar-refractivity contribution in [3.05, 3.63) is 0 Å². The van der Waals surface area contributed by atoms with E-state index in [1.54, 1.807) is 0 Å². The molecule has 0 radical (unpaired) electrons. The molecule has 0 aromatic carbocycles. The molecule has 0 aliphatic rings. The lowest BCUT2D eigenvalue weighted by Crippen LogP contribution is -2.48. The van der Waals surface area contributed by atoms with Crippen molar-refractivity contribution >= 4 is 17.9 Å². The fourth-order valence-corrected chi connectivity index (χ4v) is 0.898. The van der Waals surface area contributed by atoms with E-state index in [2.05, 4.69) is 16.0 Å². The molecule has 7 heteroatoms. The summed E-state index contributed by atoms with van der Waals surface area (Å²) >= 11 is 0. The van der Waals surface area contributed by atoms with Gasteiger partial charge in [-0.2, -0.15) is 0 Å². The smallest absolute Gasteiger partial charge is 0.325 e. The molecular weight excluding hydrogens is 226 g/mol. The van der Waals surface area contributed by atoms with E-state index in [4.69, 9.17) is 5.11 Å². The quantitative estimate of drug-likeness (QED) is 0.514. The lowest BCUT2D eigenvalue weighted by atomic mass is 10.2. The van der Waals surface area contributed by atoms with Crippen LogP contribution in [0.4, 0.5) is 4.79 Å². The highest BCUT2D eigenvalue weighted by Gasteiger charge is 2.14. The summed E-state index contributed by atoms with van der Waals surface area (Å²) in [6.07, 6.45) is 0.800. The summed E-state index contributed by atoms with van der Waals surface area (Å²) in [5.41, 5.74) is 0. The van der Waals surface area contributed by atoms with Crippen molar-refractivity contribution < 1.29 is 19.5 Å². The number of carboxylic acid groups (broad SMARTS) is 1. The Labute approximate surface area is 100.0 Å². The first kappa shape index (κ1) is 15.2. The van der Waals surface area contributed by atoms with Crippen molar-refractivity contribution in [2.24, 2.45) is 0 Å². The number of hydrogen-bond acceptors (Lipinski definition) is 3. The predicted octanol–water partition coefficient (Wildman–Crippen LogP) is -0.327. The molecule has 0 fully saturated rings. The molecule has 2 unspecified atom stereocenters. The first-order chi connectivity index (χ1) is 7.86. The number of amides is 3. The highest BCUT2D eigenvalue weighted by Crippen LogP contribution is 1.86. The maximum absolute atomic E-state index is 11.3. The van der Waals surface area contributed by atoms with Crippen molar-refractivity contribution in [2.45, 2.75) is 39.3 Å². The van der Waals surface area contributed by atoms with Crippen LogP contribution >= 0.6 is 0 Å². The Morgan fingerprint density at radius 2 is 1.76 bits per heavy atom. The van der Waals surface area contributed by atoms with Gasteiger partial charge in [0.2, 0.25) is 5.91 Å². The van der Waals surface area contributed by atoms with Gasteiger partial charge >= 0.3 is 12.0 Å². The van der Waals surface area contributed by atoms with Gasteiger partial charge in [-0.3, -0.25) is 9.59 Å². The molecule has 0 rings (SSSR count). The summed E-state index contributed by atoms with van der Waals surface area (Å²) in [7, 11) is 0. The van der Waals surface area contributed by atoms with E-state index in [9.17, 15) is 14.4 Å². The number of urea groups is 1. The number of aliphatic carboxylic acids is 1. The molecule has 0 spiro atoms. The summed E-state index contributed by atoms with van der Waals surface area (Å²) in [5.74, 6) is -1.44. The number of hydrogen-bond donors (Lipinski definition) is 4. The minimum absolute atomic E-state index is 0.0466. The second-order valence-electron chi connectivity index (χ2n) is 3.76. The first-order valence-corrected chi connectivity index (χ1v) is 5.43. The van der Waals surface area contributed by atoms with Gasteiger partial charge in [0.05, 0.1) is 6.54 Å². The van der Waals surface area contributed by atoms with Crippen LogP contribution in [0.1, 0.15) is 27.2 Å². The van der Waals surface area contributed by atoms with E-state index < -0.39 is 18.0 Å². The number of carbonyl (C=O) groups is 3. The van der Waals surface area contributed by atoms with Gasteiger partial charge in [0, 0.05) is 6.04 Å². The van der Waals surface area contributed by atoms with Crippen LogP contribution in [0, 0.1) is 0 Å². The van der Waals surface area contributed by atoms with E-state index in [-0.39, 0.29) is 18.5 Å². The highest BCUT2D eigenvalue weighted by molar-refractivity contribution is 5.86. The van der Waals surface area contributed by atoms with Crippen LogP contribution in [-0.2, 0) is 9.59 Å². The zero-order chi connectivity index (χ0) is 13.4. The van der Waals surface area contributed by atoms with Crippen LogP contribution in [0.3, 0.4) is 0 Å². The summed E-state index contributed by atoms with van der Waals surface area (Å²) in [6, 6.07) is -1.63. The van der Waals surface area contributed by atoms with Crippen molar-refractivity contribution in [1.82, 2.24) is 16.0 Å². The summed E-state index contributed by atoms with van der Waals surface area (Å²) in [6.45, 7) is 4.94. The minimum Gasteiger partial charge on any atom is -0.480 e. The number of carboxylic acids is 1. The Balaban J connectivity index is 3.84. The molecule has 0 bridgehead atoms. The van der Waals surface area contributed by atoms with Gasteiger partial charge in [0.25, 0.3) is 0 Å². The highest BCUT2D eigenvalue weighted by atomic mass is 16.4. The van der Waals surface area contributed by atoms with Gasteiger partial charge in [-0.05, 0) is 20.3 Å². The van der Waals surface area contributed by atoms with Gasteiger partial charge in [-0.15, -0.1) is 0 Å². The molecule has 3 amide bonds. The maximum atomic E-state index is 11.3. The summed E-state index contributed by atoms with van der Waals surface area (Å²) < 4.78 is 0. The molecule has 2 atom stereocenters. The third-order valence-electron chi connectivity index (χ3n) is 2.15. The van der Waals surface area contributed by atoms with E-state index in [0.29, 0.717) is 0 Å². The number of nitrogens with one attached hydrogen (secondary N) is 3. The third kappa shape index (κ3) is 7.15. The number of rotatable bonds is 6. The second kappa shape index (κ2) is 7.48. The molecule has 0 saturated heterocycles. The lowest BCUT2D eigenvalue weighted by molar-refractivity contribution is -0.138. The van der Waals surface area contributed by atoms with Crippen LogP contribution in [0.2, 0.25) is 0 Å². The lowest BCUT2D eigenvalue weighted by Gasteiger charge is -2.13. The van der Waals surface area contributed by atoms with Gasteiger partial charge in [0.15, 0.2) is 0 Å². The second-order valence-corrected chi connectivity index (χ2v) is 3.76. The third-order valence-corrected chi connectivity index (χ3v) is 2.15. The molecule has 17 heavy (non-hydrogen) atoms. The zero-order valence-corrected chi connectivity index (χ0v) is 10.2. The molecule has 4 N–H and O–H groups in total. The fourth-order valence-electron chi connectivity index (χ4n) is 0.898. The van der Waals surface area contributed by atoms with Crippen LogP contribution in [0.5, 0.6) is 0 Å². The SMILES string of the molecule is CCC(C)NC(=O)CNC(=O)NC(C)C(=O)O. The van der Waals surface area contributed by atoms with Gasteiger partial charge in [-0.25, -0.2) is 4.79 Å². The molecule has 0 aliphatic carbocycles. The molecule has 0 heterocycles. The molecule has 98 valence electrons. The predicted molar refractivity (Wildman–Crippen MR) is 61.5 cm³/mol. The standard InChI is InChI=1S/C10H19N3O4/c1-4-6(2)12-8(14)5-11-10(17)13-7(3)9(15)16/h6-7H,4-5H2,1-3H3,(H,12,14)(H,15,16)(H2,11,13,17). The normalized spacial score (nSPS) is 13.4. The van der Waals surface area contributed by atoms with Crippen LogP contribution in [-0.4, -0.2) is 41.6 Å². The Morgan fingerprint density at radius 1 is 1.18 bits per heavy atom. The van der Waals surface area contributed by atoms with E-state index >= 15 is 0 Å². The van der Waals surface area contributed by atoms with Crippen molar-refractivity contribution in [2.75, 3.05) is 6.54 Å². The van der Waals surface area contributed by atoms with E-state index in [1.807, 2.05) is 13.8 Å². The molecule has 0 saturated carbocycles. The average molecular weight is 245 g/mol. The van der Waals surface area contributed by atoms with Crippen LogP contribution < -0.4 is 16.0 Å². The summed E-state index contributed by atoms with van der Waals surface area (Å²) in [4.78, 5) is 32.9. The van der Waals surface area contributed by atoms with E-state index in [0.717, 1.165) is 6.42 Å². The monoisotopic (exact) mass is 245 g/mol.